The van der Waals surface area contributed by atoms with Crippen molar-refractivity contribution in [1.29, 1.82) is 10.5 Å². The number of nitrogens with zero attached hydrogens (tertiary/aromatic N) is 4. The van der Waals surface area contributed by atoms with Crippen molar-refractivity contribution in [3.63, 3.8) is 0 Å². The van der Waals surface area contributed by atoms with Crippen molar-refractivity contribution in [2.45, 2.75) is 0 Å². The molecule has 0 atom stereocenters. The standard InChI is InChI=1S/C40H26N4O6/c1-43-33(23-41)37-27-11-5-3-9-25(27)35-29(37)13-7-15-31(35)39(45)49-21-19-47-17-18-48-20-22-50-40(46)32-16-8-14-30-36(32)26-10-4-6-12-28(26)38(30)34(24-42)44-2/h3-16H,17-22H2/b37-33-,38-34+. The van der Waals surface area contributed by atoms with Gasteiger partial charge in [0, 0.05) is 22.3 Å². The van der Waals surface area contributed by atoms with Crippen LogP contribution in [0.5, 0.6) is 0 Å². The number of carbonyl (C=O) groups is 2. The minimum absolute atomic E-state index is 0.00311. The lowest BCUT2D eigenvalue weighted by molar-refractivity contribution is 0.00234. The van der Waals surface area contributed by atoms with Gasteiger partial charge in [-0.15, -0.1) is 0 Å². The van der Waals surface area contributed by atoms with Crippen molar-refractivity contribution < 1.29 is 28.5 Å². The summed E-state index contributed by atoms with van der Waals surface area (Å²) < 4.78 is 22.0. The number of nitriles is 2. The minimum Gasteiger partial charge on any atom is -0.460 e. The second kappa shape index (κ2) is 14.9. The van der Waals surface area contributed by atoms with E-state index in [0.29, 0.717) is 44.5 Å². The van der Waals surface area contributed by atoms with Gasteiger partial charge in [0.25, 0.3) is 11.4 Å². The Hall–Kier alpha value is -6.82. The molecule has 6 rings (SSSR count). The lowest BCUT2D eigenvalue weighted by Gasteiger charge is -2.11. The van der Waals surface area contributed by atoms with Crippen LogP contribution in [0.25, 0.3) is 43.1 Å². The van der Waals surface area contributed by atoms with E-state index in [1.807, 2.05) is 60.7 Å². The topological polar surface area (TPSA) is 127 Å². The van der Waals surface area contributed by atoms with Crippen molar-refractivity contribution in [3.05, 3.63) is 153 Å². The van der Waals surface area contributed by atoms with Crippen LogP contribution in [0.3, 0.4) is 0 Å². The van der Waals surface area contributed by atoms with Gasteiger partial charge in [-0.2, -0.15) is 0 Å². The normalized spacial score (nSPS) is 13.6. The molecule has 0 saturated heterocycles. The molecule has 10 heteroatoms. The van der Waals surface area contributed by atoms with E-state index >= 15 is 0 Å². The Morgan fingerprint density at radius 3 is 1.26 bits per heavy atom. The lowest BCUT2D eigenvalue weighted by atomic mass is 9.99. The molecule has 0 aromatic heterocycles. The Bertz CT molecular complexity index is 2080. The van der Waals surface area contributed by atoms with Crippen LogP contribution in [-0.2, 0) is 18.9 Å². The molecule has 0 spiro atoms. The van der Waals surface area contributed by atoms with E-state index in [9.17, 15) is 20.1 Å². The molecule has 4 aromatic carbocycles. The molecule has 0 aliphatic heterocycles. The minimum atomic E-state index is -0.544. The fourth-order valence-electron chi connectivity index (χ4n) is 6.22. The maximum absolute atomic E-state index is 13.1. The molecule has 0 unspecified atom stereocenters. The van der Waals surface area contributed by atoms with Crippen molar-refractivity contribution in [1.82, 2.24) is 0 Å². The Balaban J connectivity index is 0.962. The first kappa shape index (κ1) is 33.1. The van der Waals surface area contributed by atoms with Crippen molar-refractivity contribution >= 4 is 23.1 Å². The third-order valence-electron chi connectivity index (χ3n) is 8.24. The van der Waals surface area contributed by atoms with Gasteiger partial charge in [0.2, 0.25) is 0 Å². The second-order valence-electron chi connectivity index (χ2n) is 10.9. The lowest BCUT2D eigenvalue weighted by Crippen LogP contribution is -2.15. The highest BCUT2D eigenvalue weighted by Gasteiger charge is 2.31. The molecule has 0 fully saturated rings. The molecule has 0 radical (unpaired) electrons. The molecule has 10 nitrogen and oxygen atoms in total. The summed E-state index contributed by atoms with van der Waals surface area (Å²) in [4.78, 5) is 33.0. The summed E-state index contributed by atoms with van der Waals surface area (Å²) in [6.07, 6.45) is 0. The third-order valence-corrected chi connectivity index (χ3v) is 8.24. The third kappa shape index (κ3) is 6.13. The number of rotatable bonds is 11. The Kier molecular flexibility index (Phi) is 9.89. The van der Waals surface area contributed by atoms with Gasteiger partial charge in [-0.3, -0.25) is 0 Å². The van der Waals surface area contributed by atoms with E-state index in [2.05, 4.69) is 9.69 Å². The van der Waals surface area contributed by atoms with Gasteiger partial charge < -0.3 is 18.9 Å². The van der Waals surface area contributed by atoms with Gasteiger partial charge in [-0.1, -0.05) is 72.8 Å². The molecular weight excluding hydrogens is 632 g/mol. The zero-order chi connectivity index (χ0) is 35.0. The number of allylic oxidation sites excluding steroid dienone is 2. The maximum atomic E-state index is 13.1. The Labute approximate surface area is 288 Å². The molecule has 50 heavy (non-hydrogen) atoms. The van der Waals surface area contributed by atoms with Gasteiger partial charge in [-0.05, 0) is 45.5 Å². The van der Waals surface area contributed by atoms with Gasteiger partial charge in [0.15, 0.2) is 0 Å². The maximum Gasteiger partial charge on any atom is 0.338 e. The molecule has 0 heterocycles. The fraction of sp³-hybridized carbons (Fsp3) is 0.150. The van der Waals surface area contributed by atoms with Crippen molar-refractivity contribution in [2.75, 3.05) is 39.6 Å². The molecule has 0 saturated carbocycles. The summed E-state index contributed by atoms with van der Waals surface area (Å²) >= 11 is 0. The average molecular weight is 659 g/mol. The average Bonchev–Trinajstić information content (AvgIpc) is 3.67. The van der Waals surface area contributed by atoms with Crippen LogP contribution in [0.1, 0.15) is 43.0 Å². The molecule has 0 amide bonds. The SMILES string of the molecule is [C-]#[N+]/C(C#N)=C1/c2ccccc2-c2c(C(=O)OCCOCCOCCOC(=O)c3cccc4c3-c3ccccc3/C4=C(/C#N)[N+]#[C-])cccc21. The van der Waals surface area contributed by atoms with Crippen LogP contribution in [0.2, 0.25) is 0 Å². The number of ether oxygens (including phenoxy) is 4. The largest absolute Gasteiger partial charge is 0.460 e. The van der Waals surface area contributed by atoms with Crippen LogP contribution >= 0.6 is 0 Å². The summed E-state index contributed by atoms with van der Waals surface area (Å²) in [5.74, 6) is -1.09. The Morgan fingerprint density at radius 2 is 0.880 bits per heavy atom. The van der Waals surface area contributed by atoms with Gasteiger partial charge >= 0.3 is 11.9 Å². The first-order valence-electron chi connectivity index (χ1n) is 15.5. The summed E-state index contributed by atoms with van der Waals surface area (Å²) in [7, 11) is 0. The van der Waals surface area contributed by atoms with Crippen molar-refractivity contribution in [2.24, 2.45) is 0 Å². The summed E-state index contributed by atoms with van der Waals surface area (Å²) in [5, 5.41) is 19.1. The number of fused-ring (bicyclic) bond motifs is 6. The predicted molar refractivity (Wildman–Crippen MR) is 182 cm³/mol. The highest BCUT2D eigenvalue weighted by molar-refractivity contribution is 6.11. The van der Waals surface area contributed by atoms with Gasteiger partial charge in [0.1, 0.15) is 13.2 Å². The monoisotopic (exact) mass is 658 g/mol. The number of hydrogen-bond acceptors (Lipinski definition) is 8. The summed E-state index contributed by atoms with van der Waals surface area (Å²) in [6.45, 7) is 15.6. The summed E-state index contributed by atoms with van der Waals surface area (Å²) in [6, 6.07) is 28.9. The molecule has 0 N–H and O–H groups in total. The predicted octanol–water partition coefficient (Wildman–Crippen LogP) is 7.10. The fourth-order valence-corrected chi connectivity index (χ4v) is 6.22. The number of carbonyl (C=O) groups excluding carboxylic acids is 2. The second-order valence-corrected chi connectivity index (χ2v) is 10.9. The molecule has 2 aliphatic carbocycles. The van der Waals surface area contributed by atoms with E-state index in [4.69, 9.17) is 32.1 Å². The van der Waals surface area contributed by atoms with E-state index in [-0.39, 0.29) is 51.0 Å². The van der Waals surface area contributed by atoms with Crippen molar-refractivity contribution in [3.8, 4) is 34.4 Å². The van der Waals surface area contributed by atoms with E-state index in [1.54, 1.807) is 36.4 Å². The molecule has 0 bridgehead atoms. The first-order valence-corrected chi connectivity index (χ1v) is 15.5. The van der Waals surface area contributed by atoms with Crippen LogP contribution in [0.15, 0.2) is 96.3 Å². The van der Waals surface area contributed by atoms with Crippen LogP contribution in [-0.4, -0.2) is 51.6 Å². The van der Waals surface area contributed by atoms with E-state index < -0.39 is 11.9 Å². The highest BCUT2D eigenvalue weighted by Crippen LogP contribution is 2.48. The zero-order valence-electron chi connectivity index (χ0n) is 26.6. The molecular formula is C40H26N4O6. The number of esters is 2. The first-order chi connectivity index (χ1) is 24.5. The molecule has 242 valence electrons. The highest BCUT2D eigenvalue weighted by atomic mass is 16.6. The van der Waals surface area contributed by atoms with E-state index in [0.717, 1.165) is 22.3 Å². The quantitative estimate of drug-likeness (QED) is 0.0625. The van der Waals surface area contributed by atoms with E-state index in [1.165, 1.54) is 0 Å². The van der Waals surface area contributed by atoms with Crippen LogP contribution in [0, 0.1) is 35.8 Å². The summed E-state index contributed by atoms with van der Waals surface area (Å²) in [5.41, 5.74) is 7.12. The van der Waals surface area contributed by atoms with Crippen LogP contribution < -0.4 is 0 Å². The Morgan fingerprint density at radius 1 is 0.520 bits per heavy atom. The number of benzene rings is 4. The smallest absolute Gasteiger partial charge is 0.338 e. The zero-order valence-corrected chi connectivity index (χ0v) is 26.6. The van der Waals surface area contributed by atoms with Crippen LogP contribution in [0.4, 0.5) is 0 Å². The molecule has 2 aliphatic rings. The number of hydrogen-bond donors (Lipinski definition) is 0. The molecule has 4 aromatic rings. The van der Waals surface area contributed by atoms with Gasteiger partial charge in [0.05, 0.1) is 62.8 Å². The van der Waals surface area contributed by atoms with Gasteiger partial charge in [-0.25, -0.2) is 29.8 Å².